The Balaban J connectivity index is 1.89. The fourth-order valence-corrected chi connectivity index (χ4v) is 2.59. The van der Waals surface area contributed by atoms with Gasteiger partial charge in [0.25, 0.3) is 0 Å². The van der Waals surface area contributed by atoms with E-state index in [1.54, 1.807) is 6.08 Å². The zero-order chi connectivity index (χ0) is 17.1. The van der Waals surface area contributed by atoms with Gasteiger partial charge < -0.3 is 0 Å². The molecule has 2 aromatic carbocycles. The fraction of sp³-hybridized carbons (Fsp3) is 0.100. The molecule has 0 saturated heterocycles. The predicted octanol–water partition coefficient (Wildman–Crippen LogP) is 4.52. The first-order valence-electron chi connectivity index (χ1n) is 7.66. The summed E-state index contributed by atoms with van der Waals surface area (Å²) in [6.07, 6.45) is 3.27. The van der Waals surface area contributed by atoms with Crippen LogP contribution in [0.15, 0.2) is 60.7 Å². The molecule has 0 bridgehead atoms. The molecule has 0 radical (unpaired) electrons. The van der Waals surface area contributed by atoms with Gasteiger partial charge in [0.1, 0.15) is 5.82 Å². The van der Waals surface area contributed by atoms with E-state index in [-0.39, 0.29) is 11.6 Å². The number of hydrogen-bond acceptors (Lipinski definition) is 2. The first-order valence-corrected chi connectivity index (χ1v) is 7.66. The lowest BCUT2D eigenvalue weighted by Gasteiger charge is -2.03. The summed E-state index contributed by atoms with van der Waals surface area (Å²) in [5.74, 6) is -0.521. The average molecular weight is 320 g/mol. The number of aromatic nitrogens is 2. The molecule has 0 aliphatic heterocycles. The maximum Gasteiger partial charge on any atom is 0.185 e. The van der Waals surface area contributed by atoms with Crippen LogP contribution in [0.2, 0.25) is 0 Å². The zero-order valence-electron chi connectivity index (χ0n) is 13.5. The minimum Gasteiger partial charge on any atom is -0.289 e. The minimum atomic E-state index is -0.355. The second-order valence-electron chi connectivity index (χ2n) is 5.54. The summed E-state index contributed by atoms with van der Waals surface area (Å²) >= 11 is 0. The average Bonchev–Trinajstić information content (AvgIpc) is 2.88. The Kier molecular flexibility index (Phi) is 4.38. The second kappa shape index (κ2) is 6.62. The standard InChI is InChI=1S/C20H17FN2O/c1-14-19(12-13-20(24)16-8-10-17(21)11-9-16)15(2)23(22-14)18-6-4-3-5-7-18/h3-13H,1-2H3. The number of rotatable bonds is 4. The SMILES string of the molecule is Cc1nn(-c2ccccc2)c(C)c1C=CC(=O)c1ccc(F)cc1. The lowest BCUT2D eigenvalue weighted by Crippen LogP contribution is -1.98. The minimum absolute atomic E-state index is 0.165. The first kappa shape index (κ1) is 15.9. The molecule has 0 unspecified atom stereocenters. The van der Waals surface area contributed by atoms with Crippen molar-refractivity contribution in [1.82, 2.24) is 9.78 Å². The largest absolute Gasteiger partial charge is 0.289 e. The molecule has 0 saturated carbocycles. The molecule has 0 amide bonds. The molecule has 4 heteroatoms. The topological polar surface area (TPSA) is 34.9 Å². The van der Waals surface area contributed by atoms with Crippen LogP contribution >= 0.6 is 0 Å². The van der Waals surface area contributed by atoms with Crippen molar-refractivity contribution in [3.63, 3.8) is 0 Å². The lowest BCUT2D eigenvalue weighted by atomic mass is 10.1. The monoisotopic (exact) mass is 320 g/mol. The zero-order valence-corrected chi connectivity index (χ0v) is 13.5. The van der Waals surface area contributed by atoms with Crippen molar-refractivity contribution in [1.29, 1.82) is 0 Å². The van der Waals surface area contributed by atoms with Gasteiger partial charge in [0.05, 0.1) is 11.4 Å². The molecule has 0 N–H and O–H groups in total. The van der Waals surface area contributed by atoms with Crippen LogP contribution in [0.25, 0.3) is 11.8 Å². The molecule has 24 heavy (non-hydrogen) atoms. The maximum absolute atomic E-state index is 12.9. The summed E-state index contributed by atoms with van der Waals surface area (Å²) in [6.45, 7) is 3.88. The molecule has 3 rings (SSSR count). The fourth-order valence-electron chi connectivity index (χ4n) is 2.59. The van der Waals surface area contributed by atoms with Crippen LogP contribution in [-0.2, 0) is 0 Å². The number of para-hydroxylation sites is 1. The normalized spacial score (nSPS) is 11.1. The van der Waals surface area contributed by atoms with E-state index < -0.39 is 0 Å². The highest BCUT2D eigenvalue weighted by molar-refractivity contribution is 6.06. The number of nitrogens with zero attached hydrogens (tertiary/aromatic N) is 2. The molecule has 1 aromatic heterocycles. The van der Waals surface area contributed by atoms with Crippen molar-refractivity contribution in [3.8, 4) is 5.69 Å². The predicted molar refractivity (Wildman–Crippen MR) is 92.8 cm³/mol. The first-order chi connectivity index (χ1) is 11.6. The molecule has 3 aromatic rings. The van der Waals surface area contributed by atoms with E-state index in [1.165, 1.54) is 30.3 Å². The van der Waals surface area contributed by atoms with Crippen LogP contribution in [0.4, 0.5) is 4.39 Å². The van der Waals surface area contributed by atoms with Crippen LogP contribution in [0.3, 0.4) is 0 Å². The van der Waals surface area contributed by atoms with E-state index in [0.717, 1.165) is 22.6 Å². The van der Waals surface area contributed by atoms with Crippen molar-refractivity contribution >= 4 is 11.9 Å². The summed E-state index contributed by atoms with van der Waals surface area (Å²) in [7, 11) is 0. The third kappa shape index (κ3) is 3.18. The summed E-state index contributed by atoms with van der Waals surface area (Å²) in [6, 6.07) is 15.4. The van der Waals surface area contributed by atoms with Crippen molar-refractivity contribution in [3.05, 3.63) is 89.0 Å². The quantitative estimate of drug-likeness (QED) is 0.523. The van der Waals surface area contributed by atoms with Crippen LogP contribution in [0.1, 0.15) is 27.3 Å². The number of benzene rings is 2. The molecule has 0 aliphatic carbocycles. The van der Waals surface area contributed by atoms with E-state index in [9.17, 15) is 9.18 Å². The molecule has 0 aliphatic rings. The summed E-state index contributed by atoms with van der Waals surface area (Å²) < 4.78 is 14.8. The molecule has 1 heterocycles. The highest BCUT2D eigenvalue weighted by Gasteiger charge is 2.11. The smallest absolute Gasteiger partial charge is 0.185 e. The third-order valence-corrected chi connectivity index (χ3v) is 3.88. The molecule has 120 valence electrons. The Bertz CT molecular complexity index is 893. The second-order valence-corrected chi connectivity index (χ2v) is 5.54. The van der Waals surface area contributed by atoms with Gasteiger partial charge in [0, 0.05) is 16.8 Å². The number of aryl methyl sites for hydroxylation is 1. The van der Waals surface area contributed by atoms with Crippen LogP contribution in [0, 0.1) is 19.7 Å². The van der Waals surface area contributed by atoms with E-state index in [1.807, 2.05) is 48.9 Å². The van der Waals surface area contributed by atoms with E-state index in [0.29, 0.717) is 5.56 Å². The lowest BCUT2D eigenvalue weighted by molar-refractivity contribution is 0.104. The Morgan fingerprint density at radius 3 is 2.38 bits per heavy atom. The number of hydrogen-bond donors (Lipinski definition) is 0. The van der Waals surface area contributed by atoms with Gasteiger partial charge in [0.15, 0.2) is 5.78 Å². The van der Waals surface area contributed by atoms with Gasteiger partial charge in [-0.2, -0.15) is 5.10 Å². The van der Waals surface area contributed by atoms with Crippen molar-refractivity contribution in [2.75, 3.05) is 0 Å². The van der Waals surface area contributed by atoms with Crippen LogP contribution in [0.5, 0.6) is 0 Å². The van der Waals surface area contributed by atoms with Crippen LogP contribution in [-0.4, -0.2) is 15.6 Å². The Morgan fingerprint density at radius 1 is 1.04 bits per heavy atom. The highest BCUT2D eigenvalue weighted by Crippen LogP contribution is 2.19. The number of carbonyl (C=O) groups is 1. The van der Waals surface area contributed by atoms with Crippen molar-refractivity contribution in [2.45, 2.75) is 13.8 Å². The maximum atomic E-state index is 12.9. The molecule has 0 spiro atoms. The van der Waals surface area contributed by atoms with Crippen molar-refractivity contribution < 1.29 is 9.18 Å². The van der Waals surface area contributed by atoms with E-state index >= 15 is 0 Å². The van der Waals surface area contributed by atoms with Gasteiger partial charge in [-0.3, -0.25) is 4.79 Å². The number of halogens is 1. The Morgan fingerprint density at radius 2 is 1.71 bits per heavy atom. The summed E-state index contributed by atoms with van der Waals surface area (Å²) in [4.78, 5) is 12.2. The Labute approximate surface area is 140 Å². The number of carbonyl (C=O) groups excluding carboxylic acids is 1. The third-order valence-electron chi connectivity index (χ3n) is 3.88. The van der Waals surface area contributed by atoms with E-state index in [4.69, 9.17) is 0 Å². The summed E-state index contributed by atoms with van der Waals surface area (Å²) in [5.41, 5.74) is 4.15. The molecular formula is C20H17FN2O. The van der Waals surface area contributed by atoms with E-state index in [2.05, 4.69) is 5.10 Å². The van der Waals surface area contributed by atoms with Gasteiger partial charge in [-0.25, -0.2) is 9.07 Å². The number of allylic oxidation sites excluding steroid dienone is 1. The molecule has 0 fully saturated rings. The molecular weight excluding hydrogens is 303 g/mol. The van der Waals surface area contributed by atoms with Gasteiger partial charge in [0.2, 0.25) is 0 Å². The Hall–Kier alpha value is -3.01. The van der Waals surface area contributed by atoms with Gasteiger partial charge in [-0.1, -0.05) is 18.2 Å². The highest BCUT2D eigenvalue weighted by atomic mass is 19.1. The van der Waals surface area contributed by atoms with Gasteiger partial charge >= 0.3 is 0 Å². The number of ketones is 1. The molecule has 3 nitrogen and oxygen atoms in total. The van der Waals surface area contributed by atoms with Gasteiger partial charge in [-0.15, -0.1) is 0 Å². The van der Waals surface area contributed by atoms with Gasteiger partial charge in [-0.05, 0) is 62.4 Å². The summed E-state index contributed by atoms with van der Waals surface area (Å²) in [5, 5.41) is 4.55. The molecule has 0 atom stereocenters. The van der Waals surface area contributed by atoms with Crippen molar-refractivity contribution in [2.24, 2.45) is 0 Å². The van der Waals surface area contributed by atoms with Crippen LogP contribution < -0.4 is 0 Å².